The third kappa shape index (κ3) is 3.89. The fourth-order valence-electron chi connectivity index (χ4n) is 3.62. The highest BCUT2D eigenvalue weighted by Gasteiger charge is 2.27. The van der Waals surface area contributed by atoms with Gasteiger partial charge in [-0.1, -0.05) is 66.7 Å². The van der Waals surface area contributed by atoms with Gasteiger partial charge in [-0.05, 0) is 35.4 Å². The van der Waals surface area contributed by atoms with Crippen molar-refractivity contribution in [1.82, 2.24) is 9.97 Å². The second-order valence-corrected chi connectivity index (χ2v) is 7.19. The summed E-state index contributed by atoms with van der Waals surface area (Å²) in [5, 5.41) is 6.45. The molecule has 1 aliphatic heterocycles. The summed E-state index contributed by atoms with van der Waals surface area (Å²) in [6.45, 7) is 0. The Morgan fingerprint density at radius 2 is 1.65 bits per heavy atom. The van der Waals surface area contributed by atoms with Gasteiger partial charge in [0.1, 0.15) is 0 Å². The average molecular weight is 404 g/mol. The van der Waals surface area contributed by atoms with Crippen LogP contribution in [-0.4, -0.2) is 15.9 Å². The Hall–Kier alpha value is -4.38. The summed E-state index contributed by atoms with van der Waals surface area (Å²) in [6, 6.07) is 25.7. The van der Waals surface area contributed by atoms with Gasteiger partial charge in [0, 0.05) is 23.1 Å². The number of aromatic nitrogens is 2. The van der Waals surface area contributed by atoms with Crippen LogP contribution < -0.4 is 10.6 Å². The summed E-state index contributed by atoms with van der Waals surface area (Å²) in [5.74, 6) is -0.105. The smallest absolute Gasteiger partial charge is 0.258 e. The van der Waals surface area contributed by atoms with Gasteiger partial charge >= 0.3 is 0 Å². The predicted octanol–water partition coefficient (Wildman–Crippen LogP) is 5.51. The predicted molar refractivity (Wildman–Crippen MR) is 126 cm³/mol. The van der Waals surface area contributed by atoms with Crippen LogP contribution in [0, 0.1) is 0 Å². The number of nitrogens with zero attached hydrogens (tertiary/aromatic N) is 1. The average Bonchev–Trinajstić information content (AvgIpc) is 3.45. The molecule has 0 aliphatic carbocycles. The molecule has 0 saturated carbocycles. The van der Waals surface area contributed by atoms with Crippen LogP contribution in [0.15, 0.2) is 91.4 Å². The number of amides is 1. The summed E-state index contributed by atoms with van der Waals surface area (Å²) in [5.41, 5.74) is 6.95. The van der Waals surface area contributed by atoms with Gasteiger partial charge in [0.25, 0.3) is 5.91 Å². The van der Waals surface area contributed by atoms with E-state index in [2.05, 4.69) is 20.6 Å². The van der Waals surface area contributed by atoms with Crippen molar-refractivity contribution in [3.8, 4) is 0 Å². The Bertz CT molecular complexity index is 1270. The van der Waals surface area contributed by atoms with Crippen molar-refractivity contribution in [2.75, 3.05) is 10.6 Å². The maximum Gasteiger partial charge on any atom is 0.258 e. The van der Waals surface area contributed by atoms with E-state index in [9.17, 15) is 4.79 Å². The van der Waals surface area contributed by atoms with E-state index in [4.69, 9.17) is 0 Å². The molecule has 4 aromatic rings. The Morgan fingerprint density at radius 1 is 0.871 bits per heavy atom. The lowest BCUT2D eigenvalue weighted by atomic mass is 10.00. The summed E-state index contributed by atoms with van der Waals surface area (Å²) in [6.07, 6.45) is 7.46. The normalized spacial score (nSPS) is 14.4. The first kappa shape index (κ1) is 18.6. The molecule has 150 valence electrons. The van der Waals surface area contributed by atoms with Crippen molar-refractivity contribution in [3.05, 3.63) is 114 Å². The molecule has 5 heteroatoms. The largest absolute Gasteiger partial charge is 0.354 e. The van der Waals surface area contributed by atoms with Crippen LogP contribution >= 0.6 is 0 Å². The van der Waals surface area contributed by atoms with Gasteiger partial charge in [-0.15, -0.1) is 0 Å². The van der Waals surface area contributed by atoms with Gasteiger partial charge in [0.15, 0.2) is 0 Å². The number of carbonyl (C=O) groups is 1. The van der Waals surface area contributed by atoms with Crippen LogP contribution in [0.2, 0.25) is 0 Å². The first-order valence-electron chi connectivity index (χ1n) is 10.0. The van der Waals surface area contributed by atoms with Crippen LogP contribution in [0.1, 0.15) is 22.4 Å². The minimum atomic E-state index is -0.105. The highest BCUT2D eigenvalue weighted by atomic mass is 16.2. The molecule has 1 aliphatic rings. The number of para-hydroxylation sites is 1. The zero-order valence-corrected chi connectivity index (χ0v) is 16.7. The molecule has 1 aromatic heterocycles. The number of hydrogen-bond donors (Lipinski definition) is 3. The molecule has 5 rings (SSSR count). The SMILES string of the molecule is O=C1Nc2ccccc2/C1=C(/Nc1ccc(/C=C/c2c[nH]cn2)cc1)c1ccccc1. The lowest BCUT2D eigenvalue weighted by Crippen LogP contribution is -2.10. The number of H-pyrrole nitrogens is 1. The van der Waals surface area contributed by atoms with Crippen LogP contribution in [0.25, 0.3) is 23.4 Å². The maximum atomic E-state index is 12.9. The molecule has 0 bridgehead atoms. The molecular weight excluding hydrogens is 384 g/mol. The molecule has 1 amide bonds. The lowest BCUT2D eigenvalue weighted by molar-refractivity contribution is -0.110. The first-order valence-corrected chi connectivity index (χ1v) is 10.0. The molecule has 0 radical (unpaired) electrons. The van der Waals surface area contributed by atoms with Gasteiger partial charge in [0.05, 0.1) is 23.3 Å². The number of nitrogens with one attached hydrogen (secondary N) is 3. The topological polar surface area (TPSA) is 69.8 Å². The van der Waals surface area contributed by atoms with Gasteiger partial charge in [-0.25, -0.2) is 4.98 Å². The van der Waals surface area contributed by atoms with E-state index < -0.39 is 0 Å². The van der Waals surface area contributed by atoms with Crippen LogP contribution in [0.4, 0.5) is 11.4 Å². The van der Waals surface area contributed by atoms with Crippen molar-refractivity contribution in [1.29, 1.82) is 0 Å². The number of anilines is 2. The minimum Gasteiger partial charge on any atom is -0.354 e. The number of rotatable bonds is 5. The van der Waals surface area contributed by atoms with E-state index in [1.807, 2.05) is 97.2 Å². The van der Waals surface area contributed by atoms with E-state index in [-0.39, 0.29) is 5.91 Å². The first-order chi connectivity index (χ1) is 15.3. The number of imidazole rings is 1. The number of benzene rings is 3. The fraction of sp³-hybridized carbons (Fsp3) is 0. The number of carbonyl (C=O) groups excluding carboxylic acids is 1. The molecule has 2 heterocycles. The van der Waals surface area contributed by atoms with Gasteiger partial charge in [0.2, 0.25) is 0 Å². The summed E-state index contributed by atoms with van der Waals surface area (Å²) in [7, 11) is 0. The zero-order chi connectivity index (χ0) is 21.0. The zero-order valence-electron chi connectivity index (χ0n) is 16.7. The Balaban J connectivity index is 1.50. The van der Waals surface area contributed by atoms with E-state index in [1.165, 1.54) is 0 Å². The molecule has 0 saturated heterocycles. The van der Waals surface area contributed by atoms with E-state index in [0.717, 1.165) is 39.5 Å². The molecule has 0 spiro atoms. The Kier molecular flexibility index (Phi) is 4.91. The van der Waals surface area contributed by atoms with Gasteiger partial charge < -0.3 is 15.6 Å². The quantitative estimate of drug-likeness (QED) is 0.384. The fourth-order valence-corrected chi connectivity index (χ4v) is 3.62. The molecule has 0 atom stereocenters. The third-order valence-electron chi connectivity index (χ3n) is 5.13. The molecule has 3 aromatic carbocycles. The molecule has 0 fully saturated rings. The molecule has 31 heavy (non-hydrogen) atoms. The Morgan fingerprint density at radius 3 is 2.42 bits per heavy atom. The standard InChI is InChI=1S/C26H20N4O/c31-26-24(22-8-4-5-9-23(22)30-26)25(19-6-2-1-3-7-19)29-20-13-10-18(11-14-20)12-15-21-16-27-17-28-21/h1-17,29H,(H,27,28)(H,30,31)/b15-12+,25-24-. The summed E-state index contributed by atoms with van der Waals surface area (Å²) in [4.78, 5) is 20.0. The Labute approximate surface area is 180 Å². The van der Waals surface area contributed by atoms with Crippen molar-refractivity contribution in [3.63, 3.8) is 0 Å². The van der Waals surface area contributed by atoms with Crippen molar-refractivity contribution >= 4 is 40.7 Å². The van der Waals surface area contributed by atoms with E-state index in [0.29, 0.717) is 5.57 Å². The highest BCUT2D eigenvalue weighted by Crippen LogP contribution is 2.37. The molecule has 3 N–H and O–H groups in total. The van der Waals surface area contributed by atoms with Crippen molar-refractivity contribution < 1.29 is 4.79 Å². The number of fused-ring (bicyclic) bond motifs is 1. The molecule has 0 unspecified atom stereocenters. The highest BCUT2D eigenvalue weighted by molar-refractivity contribution is 6.37. The maximum absolute atomic E-state index is 12.9. The van der Waals surface area contributed by atoms with E-state index >= 15 is 0 Å². The van der Waals surface area contributed by atoms with Crippen LogP contribution in [0.5, 0.6) is 0 Å². The van der Waals surface area contributed by atoms with Gasteiger partial charge in [-0.3, -0.25) is 4.79 Å². The summed E-state index contributed by atoms with van der Waals surface area (Å²) >= 11 is 0. The third-order valence-corrected chi connectivity index (χ3v) is 5.13. The van der Waals surface area contributed by atoms with Crippen molar-refractivity contribution in [2.45, 2.75) is 0 Å². The summed E-state index contributed by atoms with van der Waals surface area (Å²) < 4.78 is 0. The lowest BCUT2D eigenvalue weighted by Gasteiger charge is -2.15. The number of aromatic amines is 1. The van der Waals surface area contributed by atoms with Crippen molar-refractivity contribution in [2.24, 2.45) is 0 Å². The van der Waals surface area contributed by atoms with E-state index in [1.54, 1.807) is 6.33 Å². The second kappa shape index (κ2) is 8.16. The molecular formula is C26H20N4O. The number of hydrogen-bond acceptors (Lipinski definition) is 3. The minimum absolute atomic E-state index is 0.105. The van der Waals surface area contributed by atoms with Crippen LogP contribution in [0.3, 0.4) is 0 Å². The monoisotopic (exact) mass is 404 g/mol. The van der Waals surface area contributed by atoms with Gasteiger partial charge in [-0.2, -0.15) is 0 Å². The molecule has 5 nitrogen and oxygen atoms in total. The second-order valence-electron chi connectivity index (χ2n) is 7.19. The van der Waals surface area contributed by atoms with Crippen LogP contribution in [-0.2, 0) is 4.79 Å².